The lowest BCUT2D eigenvalue weighted by Gasteiger charge is -1.93. The van der Waals surface area contributed by atoms with Crippen LogP contribution in [0, 0.1) is 0 Å². The predicted molar refractivity (Wildman–Crippen MR) is 50.1 cm³/mol. The van der Waals surface area contributed by atoms with Gasteiger partial charge in [0.25, 0.3) is 0 Å². The molecule has 0 spiro atoms. The molecule has 0 fully saturated rings. The van der Waals surface area contributed by atoms with Crippen molar-refractivity contribution in [3.05, 3.63) is 18.7 Å². The van der Waals surface area contributed by atoms with Crippen molar-refractivity contribution in [1.82, 2.24) is 9.55 Å². The maximum Gasteiger partial charge on any atom is 0.302 e. The number of imidazole rings is 1. The van der Waals surface area contributed by atoms with Gasteiger partial charge in [-0.2, -0.15) is 0 Å². The van der Waals surface area contributed by atoms with E-state index in [1.165, 1.54) is 6.92 Å². The topological polar surface area (TPSA) is 44.1 Å². The van der Waals surface area contributed by atoms with Crippen LogP contribution in [0.2, 0.25) is 0 Å². The first kappa shape index (κ1) is 11.7. The highest BCUT2D eigenvalue weighted by molar-refractivity contribution is 5.65. The molecule has 13 heavy (non-hydrogen) atoms. The standard InChI is InChI=1S/C5H10O2.C4H6N2/c1-3-4-7-5(2)6;1-6-3-2-5-4-6/h3-4H2,1-2H3;2-4H,1H3. The summed E-state index contributed by atoms with van der Waals surface area (Å²) in [5, 5.41) is 0. The van der Waals surface area contributed by atoms with Gasteiger partial charge < -0.3 is 9.30 Å². The first-order valence-corrected chi connectivity index (χ1v) is 4.22. The Bertz CT molecular complexity index is 220. The minimum absolute atomic E-state index is 0.193. The van der Waals surface area contributed by atoms with Crippen LogP contribution in [0.5, 0.6) is 0 Å². The first-order valence-electron chi connectivity index (χ1n) is 4.22. The molecule has 4 heteroatoms. The Morgan fingerprint density at radius 1 is 1.62 bits per heavy atom. The molecule has 0 bridgehead atoms. The molecular weight excluding hydrogens is 168 g/mol. The summed E-state index contributed by atoms with van der Waals surface area (Å²) < 4.78 is 6.44. The van der Waals surface area contributed by atoms with Crippen LogP contribution >= 0.6 is 0 Å². The average molecular weight is 184 g/mol. The Labute approximate surface area is 78.5 Å². The molecule has 0 aliphatic heterocycles. The maximum absolute atomic E-state index is 9.98. The zero-order valence-electron chi connectivity index (χ0n) is 8.36. The summed E-state index contributed by atoms with van der Waals surface area (Å²) in [6.45, 7) is 3.92. The van der Waals surface area contributed by atoms with Gasteiger partial charge in [0, 0.05) is 26.4 Å². The molecule has 1 aromatic heterocycles. The third-order valence-corrected chi connectivity index (χ3v) is 1.15. The fraction of sp³-hybridized carbons (Fsp3) is 0.556. The van der Waals surface area contributed by atoms with E-state index in [2.05, 4.69) is 9.72 Å². The highest BCUT2D eigenvalue weighted by Crippen LogP contribution is 1.78. The van der Waals surface area contributed by atoms with Gasteiger partial charge in [-0.05, 0) is 6.42 Å². The molecule has 0 atom stereocenters. The van der Waals surface area contributed by atoms with Crippen LogP contribution in [0.15, 0.2) is 18.7 Å². The van der Waals surface area contributed by atoms with E-state index in [1.54, 1.807) is 12.5 Å². The summed E-state index contributed by atoms with van der Waals surface area (Å²) in [7, 11) is 1.94. The maximum atomic E-state index is 9.98. The lowest BCUT2D eigenvalue weighted by molar-refractivity contribution is -0.140. The first-order chi connectivity index (χ1) is 6.16. The van der Waals surface area contributed by atoms with Gasteiger partial charge in [0.1, 0.15) is 0 Å². The van der Waals surface area contributed by atoms with Gasteiger partial charge in [0.2, 0.25) is 0 Å². The van der Waals surface area contributed by atoms with E-state index in [0.29, 0.717) is 6.61 Å². The molecule has 0 amide bonds. The van der Waals surface area contributed by atoms with Crippen LogP contribution < -0.4 is 0 Å². The van der Waals surface area contributed by atoms with Gasteiger partial charge in [-0.25, -0.2) is 4.98 Å². The van der Waals surface area contributed by atoms with Crippen LogP contribution in [-0.2, 0) is 16.6 Å². The molecule has 0 unspecified atom stereocenters. The molecule has 0 saturated carbocycles. The second-order valence-corrected chi connectivity index (χ2v) is 2.57. The van der Waals surface area contributed by atoms with E-state index in [4.69, 9.17) is 0 Å². The quantitative estimate of drug-likeness (QED) is 0.652. The van der Waals surface area contributed by atoms with Crippen LogP contribution in [0.3, 0.4) is 0 Å². The number of esters is 1. The predicted octanol–water partition coefficient (Wildman–Crippen LogP) is 1.38. The van der Waals surface area contributed by atoms with Gasteiger partial charge >= 0.3 is 5.97 Å². The smallest absolute Gasteiger partial charge is 0.302 e. The molecule has 0 radical (unpaired) electrons. The number of carbonyl (C=O) groups excluding carboxylic acids is 1. The molecule has 0 aromatic carbocycles. The Hall–Kier alpha value is -1.32. The lowest BCUT2D eigenvalue weighted by atomic mass is 10.5. The summed E-state index contributed by atoms with van der Waals surface area (Å²) in [4.78, 5) is 13.8. The summed E-state index contributed by atoms with van der Waals surface area (Å²) in [5.74, 6) is -0.193. The summed E-state index contributed by atoms with van der Waals surface area (Å²) >= 11 is 0. The highest BCUT2D eigenvalue weighted by atomic mass is 16.5. The SMILES string of the molecule is CCCOC(C)=O.Cn1ccnc1. The average Bonchev–Trinajstić information content (AvgIpc) is 2.53. The van der Waals surface area contributed by atoms with Crippen molar-refractivity contribution in [3.8, 4) is 0 Å². The van der Waals surface area contributed by atoms with E-state index >= 15 is 0 Å². The molecule has 4 nitrogen and oxygen atoms in total. The molecular formula is C9H16N2O2. The van der Waals surface area contributed by atoms with Crippen molar-refractivity contribution < 1.29 is 9.53 Å². The van der Waals surface area contributed by atoms with E-state index in [1.807, 2.05) is 24.7 Å². The van der Waals surface area contributed by atoms with Crippen LogP contribution in [-0.4, -0.2) is 22.1 Å². The number of carbonyl (C=O) groups is 1. The van der Waals surface area contributed by atoms with E-state index in [0.717, 1.165) is 6.42 Å². The molecule has 0 aliphatic carbocycles. The van der Waals surface area contributed by atoms with Crippen molar-refractivity contribution >= 4 is 5.97 Å². The zero-order valence-corrected chi connectivity index (χ0v) is 8.36. The van der Waals surface area contributed by atoms with Gasteiger partial charge in [-0.15, -0.1) is 0 Å². The molecule has 1 heterocycles. The largest absolute Gasteiger partial charge is 0.466 e. The normalized spacial score (nSPS) is 8.54. The fourth-order valence-electron chi connectivity index (χ4n) is 0.572. The van der Waals surface area contributed by atoms with Crippen LogP contribution in [0.25, 0.3) is 0 Å². The van der Waals surface area contributed by atoms with Crippen LogP contribution in [0.1, 0.15) is 20.3 Å². The fourth-order valence-corrected chi connectivity index (χ4v) is 0.572. The zero-order chi connectivity index (χ0) is 10.1. The number of rotatable bonds is 2. The molecule has 0 saturated heterocycles. The molecule has 74 valence electrons. The summed E-state index contributed by atoms with van der Waals surface area (Å²) in [6.07, 6.45) is 6.29. The summed E-state index contributed by atoms with van der Waals surface area (Å²) in [5.41, 5.74) is 0. The Morgan fingerprint density at radius 3 is 2.46 bits per heavy atom. The van der Waals surface area contributed by atoms with E-state index < -0.39 is 0 Å². The van der Waals surface area contributed by atoms with E-state index in [-0.39, 0.29) is 5.97 Å². The molecule has 1 aromatic rings. The number of hydrogen-bond acceptors (Lipinski definition) is 3. The number of ether oxygens (including phenoxy) is 1. The van der Waals surface area contributed by atoms with Gasteiger partial charge in [0.05, 0.1) is 12.9 Å². The van der Waals surface area contributed by atoms with Gasteiger partial charge in [-0.1, -0.05) is 6.92 Å². The highest BCUT2D eigenvalue weighted by Gasteiger charge is 1.85. The van der Waals surface area contributed by atoms with Crippen molar-refractivity contribution in [2.75, 3.05) is 6.61 Å². The van der Waals surface area contributed by atoms with Crippen molar-refractivity contribution in [3.63, 3.8) is 0 Å². The van der Waals surface area contributed by atoms with Gasteiger partial charge in [-0.3, -0.25) is 4.79 Å². The monoisotopic (exact) mass is 184 g/mol. The molecule has 1 rings (SSSR count). The number of hydrogen-bond donors (Lipinski definition) is 0. The van der Waals surface area contributed by atoms with E-state index in [9.17, 15) is 4.79 Å². The Balaban J connectivity index is 0.000000223. The molecule has 0 aliphatic rings. The number of aryl methyl sites for hydroxylation is 1. The minimum atomic E-state index is -0.193. The third kappa shape index (κ3) is 8.59. The number of nitrogens with zero attached hydrogens (tertiary/aromatic N) is 2. The van der Waals surface area contributed by atoms with Crippen molar-refractivity contribution in [2.24, 2.45) is 7.05 Å². The Morgan fingerprint density at radius 2 is 2.31 bits per heavy atom. The van der Waals surface area contributed by atoms with Crippen molar-refractivity contribution in [2.45, 2.75) is 20.3 Å². The second-order valence-electron chi connectivity index (χ2n) is 2.57. The summed E-state index contributed by atoms with van der Waals surface area (Å²) in [6, 6.07) is 0. The third-order valence-electron chi connectivity index (χ3n) is 1.15. The second kappa shape index (κ2) is 7.34. The lowest BCUT2D eigenvalue weighted by Crippen LogP contribution is -1.98. The number of aromatic nitrogens is 2. The minimum Gasteiger partial charge on any atom is -0.466 e. The Kier molecular flexibility index (Phi) is 6.59. The van der Waals surface area contributed by atoms with Gasteiger partial charge in [0.15, 0.2) is 0 Å². The van der Waals surface area contributed by atoms with Crippen molar-refractivity contribution in [1.29, 1.82) is 0 Å². The van der Waals surface area contributed by atoms with Crippen LogP contribution in [0.4, 0.5) is 0 Å². The molecule has 0 N–H and O–H groups in total.